The van der Waals surface area contributed by atoms with Gasteiger partial charge in [-0.25, -0.2) is 4.98 Å². The average Bonchev–Trinajstić information content (AvgIpc) is 2.81. The predicted octanol–water partition coefficient (Wildman–Crippen LogP) is 2.45. The van der Waals surface area contributed by atoms with Crippen molar-refractivity contribution in [1.29, 1.82) is 0 Å². The number of nitrogens with zero attached hydrogens (tertiary/aromatic N) is 1. The molecule has 0 spiro atoms. The molecule has 3 unspecified atom stereocenters. The van der Waals surface area contributed by atoms with E-state index in [1.165, 1.54) is 23.6 Å². The summed E-state index contributed by atoms with van der Waals surface area (Å²) in [5, 5.41) is 4.60. The Kier molecular flexibility index (Phi) is 5.82. The Morgan fingerprint density at radius 1 is 1.50 bits per heavy atom. The Morgan fingerprint density at radius 3 is 2.89 bits per heavy atom. The van der Waals surface area contributed by atoms with Gasteiger partial charge in [-0.2, -0.15) is 23.5 Å². The molecular formula is C12H21N3S3. The van der Waals surface area contributed by atoms with Gasteiger partial charge < -0.3 is 0 Å². The van der Waals surface area contributed by atoms with Crippen LogP contribution in [-0.4, -0.2) is 33.0 Å². The lowest BCUT2D eigenvalue weighted by atomic mass is 10.0. The van der Waals surface area contributed by atoms with E-state index in [4.69, 9.17) is 5.84 Å². The number of aryl methyl sites for hydroxylation is 1. The van der Waals surface area contributed by atoms with Crippen LogP contribution in [0.4, 0.5) is 0 Å². The highest BCUT2D eigenvalue weighted by Gasteiger charge is 2.31. The minimum absolute atomic E-state index is 0.328. The molecule has 3 atom stereocenters. The van der Waals surface area contributed by atoms with Crippen molar-refractivity contribution in [3.8, 4) is 0 Å². The second-order valence-electron chi connectivity index (χ2n) is 4.49. The number of hydrogen-bond donors (Lipinski definition) is 2. The third kappa shape index (κ3) is 3.63. The van der Waals surface area contributed by atoms with Crippen molar-refractivity contribution in [2.75, 3.05) is 11.5 Å². The third-order valence-corrected chi connectivity index (χ3v) is 7.43. The number of hydrogen-bond acceptors (Lipinski definition) is 6. The molecule has 1 aliphatic heterocycles. The molecule has 2 rings (SSSR count). The quantitative estimate of drug-likeness (QED) is 0.646. The molecule has 1 fully saturated rings. The Morgan fingerprint density at radius 2 is 2.28 bits per heavy atom. The SMILES string of the molecule is CCC1SCCSC1C(Cc1csc(C)n1)NN. The van der Waals surface area contributed by atoms with Gasteiger partial charge in [0.1, 0.15) is 0 Å². The molecule has 0 aliphatic carbocycles. The van der Waals surface area contributed by atoms with Gasteiger partial charge in [-0.15, -0.1) is 11.3 Å². The number of thiazole rings is 1. The van der Waals surface area contributed by atoms with Crippen molar-refractivity contribution in [1.82, 2.24) is 10.4 Å². The normalized spacial score (nSPS) is 26.2. The van der Waals surface area contributed by atoms with Crippen LogP contribution in [0.5, 0.6) is 0 Å². The zero-order valence-electron chi connectivity index (χ0n) is 10.9. The minimum Gasteiger partial charge on any atom is -0.271 e. The van der Waals surface area contributed by atoms with Crippen molar-refractivity contribution in [3.63, 3.8) is 0 Å². The average molecular weight is 304 g/mol. The number of thioether (sulfide) groups is 2. The van der Waals surface area contributed by atoms with Gasteiger partial charge >= 0.3 is 0 Å². The van der Waals surface area contributed by atoms with Crippen molar-refractivity contribution in [2.24, 2.45) is 5.84 Å². The molecule has 0 aromatic carbocycles. The molecule has 18 heavy (non-hydrogen) atoms. The lowest BCUT2D eigenvalue weighted by Gasteiger charge is -2.35. The van der Waals surface area contributed by atoms with Crippen LogP contribution < -0.4 is 11.3 Å². The lowest BCUT2D eigenvalue weighted by Crippen LogP contribution is -2.49. The molecule has 2 heterocycles. The van der Waals surface area contributed by atoms with Crippen molar-refractivity contribution in [3.05, 3.63) is 16.1 Å². The fourth-order valence-electron chi connectivity index (χ4n) is 2.31. The number of nitrogens with two attached hydrogens (primary N) is 1. The molecule has 1 aromatic heterocycles. The molecule has 0 radical (unpaired) electrons. The fourth-order valence-corrected chi connectivity index (χ4v) is 6.18. The van der Waals surface area contributed by atoms with Gasteiger partial charge in [0, 0.05) is 39.8 Å². The van der Waals surface area contributed by atoms with Crippen LogP contribution in [0.3, 0.4) is 0 Å². The van der Waals surface area contributed by atoms with E-state index < -0.39 is 0 Å². The van der Waals surface area contributed by atoms with Crippen molar-refractivity contribution >= 4 is 34.9 Å². The van der Waals surface area contributed by atoms with Crippen LogP contribution in [-0.2, 0) is 6.42 Å². The summed E-state index contributed by atoms with van der Waals surface area (Å²) in [6.07, 6.45) is 2.16. The first-order chi connectivity index (χ1) is 8.74. The molecular weight excluding hydrogens is 282 g/mol. The van der Waals surface area contributed by atoms with E-state index in [0.29, 0.717) is 16.5 Å². The van der Waals surface area contributed by atoms with Crippen molar-refractivity contribution in [2.45, 2.75) is 43.2 Å². The third-order valence-electron chi connectivity index (χ3n) is 3.20. The molecule has 1 aliphatic rings. The van der Waals surface area contributed by atoms with Gasteiger partial charge in [-0.3, -0.25) is 11.3 Å². The summed E-state index contributed by atoms with van der Waals surface area (Å²) in [6, 6.07) is 0.328. The molecule has 0 amide bonds. The summed E-state index contributed by atoms with van der Waals surface area (Å²) in [5.41, 5.74) is 4.20. The zero-order chi connectivity index (χ0) is 13.0. The van der Waals surface area contributed by atoms with E-state index in [1.54, 1.807) is 11.3 Å². The monoisotopic (exact) mass is 303 g/mol. The molecule has 1 saturated heterocycles. The van der Waals surface area contributed by atoms with Crippen LogP contribution in [0.25, 0.3) is 0 Å². The first-order valence-electron chi connectivity index (χ1n) is 6.35. The van der Waals surface area contributed by atoms with Crippen LogP contribution >= 0.6 is 34.9 Å². The maximum absolute atomic E-state index is 5.78. The standard InChI is InChI=1S/C12H21N3S3/c1-3-11-12(17-5-4-16-11)10(15-13)6-9-7-18-8(2)14-9/h7,10-12,15H,3-6,13H2,1-2H3. The van der Waals surface area contributed by atoms with Gasteiger partial charge in [-0.1, -0.05) is 6.92 Å². The summed E-state index contributed by atoms with van der Waals surface area (Å²) in [5.74, 6) is 8.29. The first kappa shape index (κ1) is 14.7. The van der Waals surface area contributed by atoms with Crippen LogP contribution in [0.2, 0.25) is 0 Å². The molecule has 102 valence electrons. The van der Waals surface area contributed by atoms with E-state index in [-0.39, 0.29) is 0 Å². The van der Waals surface area contributed by atoms with Crippen molar-refractivity contribution < 1.29 is 0 Å². The highest BCUT2D eigenvalue weighted by atomic mass is 32.2. The second kappa shape index (κ2) is 7.14. The summed E-state index contributed by atoms with van der Waals surface area (Å²) >= 11 is 5.88. The largest absolute Gasteiger partial charge is 0.271 e. The second-order valence-corrected chi connectivity index (χ2v) is 8.18. The molecule has 6 heteroatoms. The molecule has 0 saturated carbocycles. The summed E-state index contributed by atoms with van der Waals surface area (Å²) in [6.45, 7) is 4.33. The molecule has 3 nitrogen and oxygen atoms in total. The van der Waals surface area contributed by atoms with Crippen LogP contribution in [0.15, 0.2) is 5.38 Å². The Balaban J connectivity index is 2.02. The van der Waals surface area contributed by atoms with Gasteiger partial charge in [0.2, 0.25) is 0 Å². The summed E-state index contributed by atoms with van der Waals surface area (Å²) < 4.78 is 0. The van der Waals surface area contributed by atoms with E-state index in [9.17, 15) is 0 Å². The van der Waals surface area contributed by atoms with Crippen LogP contribution in [0, 0.1) is 6.92 Å². The van der Waals surface area contributed by atoms with E-state index in [1.807, 2.05) is 0 Å². The Bertz CT molecular complexity index is 369. The Labute approximate surface area is 122 Å². The van der Waals surface area contributed by atoms with Gasteiger partial charge in [0.05, 0.1) is 10.7 Å². The lowest BCUT2D eigenvalue weighted by molar-refractivity contribution is 0.487. The topological polar surface area (TPSA) is 50.9 Å². The number of nitrogens with one attached hydrogen (secondary N) is 1. The number of hydrazine groups is 1. The number of aromatic nitrogens is 1. The molecule has 3 N–H and O–H groups in total. The molecule has 0 bridgehead atoms. The Hall–Kier alpha value is 0.250. The summed E-state index contributed by atoms with van der Waals surface area (Å²) in [7, 11) is 0. The van der Waals surface area contributed by atoms with E-state index in [2.05, 4.69) is 53.2 Å². The predicted molar refractivity (Wildman–Crippen MR) is 84.4 cm³/mol. The maximum Gasteiger partial charge on any atom is 0.0897 e. The first-order valence-corrected chi connectivity index (χ1v) is 9.32. The van der Waals surface area contributed by atoms with Gasteiger partial charge in [0.15, 0.2) is 0 Å². The van der Waals surface area contributed by atoms with Gasteiger partial charge in [-0.05, 0) is 13.3 Å². The zero-order valence-corrected chi connectivity index (χ0v) is 13.3. The van der Waals surface area contributed by atoms with E-state index >= 15 is 0 Å². The maximum atomic E-state index is 5.78. The fraction of sp³-hybridized carbons (Fsp3) is 0.750. The van der Waals surface area contributed by atoms with E-state index in [0.717, 1.165) is 11.4 Å². The highest BCUT2D eigenvalue weighted by Crippen LogP contribution is 2.35. The van der Waals surface area contributed by atoms with Gasteiger partial charge in [0.25, 0.3) is 0 Å². The summed E-state index contributed by atoms with van der Waals surface area (Å²) in [4.78, 5) is 4.55. The number of rotatable bonds is 5. The molecule has 1 aromatic rings. The van der Waals surface area contributed by atoms with Crippen LogP contribution in [0.1, 0.15) is 24.0 Å². The highest BCUT2D eigenvalue weighted by molar-refractivity contribution is 8.07. The smallest absolute Gasteiger partial charge is 0.0897 e. The minimum atomic E-state index is 0.328.